The van der Waals surface area contributed by atoms with Gasteiger partial charge >= 0.3 is 0 Å². The van der Waals surface area contributed by atoms with E-state index in [0.29, 0.717) is 6.54 Å². The Labute approximate surface area is 114 Å². The van der Waals surface area contributed by atoms with Crippen molar-refractivity contribution in [2.45, 2.75) is 18.4 Å². The van der Waals surface area contributed by atoms with Gasteiger partial charge in [-0.3, -0.25) is 0 Å². The first kappa shape index (κ1) is 13.9. The Bertz CT molecular complexity index is 698. The number of rotatable bonds is 4. The van der Waals surface area contributed by atoms with E-state index in [1.54, 1.807) is 6.20 Å². The Balaban J connectivity index is 2.14. The quantitative estimate of drug-likeness (QED) is 0.902. The van der Waals surface area contributed by atoms with Gasteiger partial charge in [0.15, 0.2) is 0 Å². The number of anilines is 1. The standard InChI is InChI=1S/C11H12FN3O2S2/c1-7-5-15-11(18-7)6-14-10-3-2-8(4-9(10)12)19(13,16)17/h2-5,14H,6H2,1H3,(H2,13,16,17). The molecular weight excluding hydrogens is 289 g/mol. The molecule has 0 saturated heterocycles. The molecule has 3 N–H and O–H groups in total. The highest BCUT2D eigenvalue weighted by atomic mass is 32.2. The van der Waals surface area contributed by atoms with Crippen LogP contribution in [-0.2, 0) is 16.6 Å². The van der Waals surface area contributed by atoms with Crippen molar-refractivity contribution in [3.8, 4) is 0 Å². The average Bonchev–Trinajstić information content (AvgIpc) is 2.72. The zero-order valence-corrected chi connectivity index (χ0v) is 11.7. The van der Waals surface area contributed by atoms with E-state index in [2.05, 4.69) is 10.3 Å². The highest BCUT2D eigenvalue weighted by molar-refractivity contribution is 7.89. The lowest BCUT2D eigenvalue weighted by atomic mass is 10.3. The van der Waals surface area contributed by atoms with Crippen LogP contribution >= 0.6 is 11.3 Å². The van der Waals surface area contributed by atoms with Crippen LogP contribution in [0.1, 0.15) is 9.88 Å². The number of hydrogen-bond acceptors (Lipinski definition) is 5. The summed E-state index contributed by atoms with van der Waals surface area (Å²) in [4.78, 5) is 4.96. The zero-order valence-electron chi connectivity index (χ0n) is 10.1. The summed E-state index contributed by atoms with van der Waals surface area (Å²) >= 11 is 1.51. The number of nitrogens with zero attached hydrogens (tertiary/aromatic N) is 1. The molecule has 0 bridgehead atoms. The largest absolute Gasteiger partial charge is 0.376 e. The monoisotopic (exact) mass is 301 g/mol. The van der Waals surface area contributed by atoms with Crippen LogP contribution in [0.25, 0.3) is 0 Å². The molecule has 102 valence electrons. The highest BCUT2D eigenvalue weighted by Crippen LogP contribution is 2.20. The molecule has 5 nitrogen and oxygen atoms in total. The molecule has 0 atom stereocenters. The number of nitrogens with one attached hydrogen (secondary N) is 1. The van der Waals surface area contributed by atoms with Gasteiger partial charge in [-0.05, 0) is 25.1 Å². The first-order chi connectivity index (χ1) is 8.86. The topological polar surface area (TPSA) is 85.1 Å². The van der Waals surface area contributed by atoms with E-state index in [-0.39, 0.29) is 10.6 Å². The van der Waals surface area contributed by atoms with Crippen LogP contribution in [0.2, 0.25) is 0 Å². The summed E-state index contributed by atoms with van der Waals surface area (Å²) in [7, 11) is -3.88. The van der Waals surface area contributed by atoms with Crippen LogP contribution in [-0.4, -0.2) is 13.4 Å². The van der Waals surface area contributed by atoms with Gasteiger partial charge in [0.05, 0.1) is 17.1 Å². The molecule has 0 aliphatic heterocycles. The first-order valence-electron chi connectivity index (χ1n) is 5.34. The van der Waals surface area contributed by atoms with E-state index in [9.17, 15) is 12.8 Å². The van der Waals surface area contributed by atoms with Gasteiger partial charge < -0.3 is 5.32 Å². The van der Waals surface area contributed by atoms with E-state index in [4.69, 9.17) is 5.14 Å². The van der Waals surface area contributed by atoms with Crippen molar-refractivity contribution in [2.24, 2.45) is 5.14 Å². The Kier molecular flexibility index (Phi) is 3.83. The maximum atomic E-state index is 13.7. The van der Waals surface area contributed by atoms with E-state index in [0.717, 1.165) is 16.0 Å². The predicted octanol–water partition coefficient (Wildman–Crippen LogP) is 1.85. The molecule has 19 heavy (non-hydrogen) atoms. The molecule has 2 aromatic rings. The number of benzene rings is 1. The normalized spacial score (nSPS) is 11.5. The van der Waals surface area contributed by atoms with Crippen LogP contribution in [0.4, 0.5) is 10.1 Å². The summed E-state index contributed by atoms with van der Waals surface area (Å²) in [6.07, 6.45) is 1.74. The number of nitrogens with two attached hydrogens (primary N) is 1. The smallest absolute Gasteiger partial charge is 0.238 e. The van der Waals surface area contributed by atoms with Crippen LogP contribution in [0.15, 0.2) is 29.3 Å². The van der Waals surface area contributed by atoms with E-state index in [1.807, 2.05) is 6.92 Å². The molecule has 2 rings (SSSR count). The summed E-state index contributed by atoms with van der Waals surface area (Å²) in [5.41, 5.74) is 0.209. The minimum absolute atomic E-state index is 0.209. The van der Waals surface area contributed by atoms with E-state index in [1.165, 1.54) is 23.5 Å². The third-order valence-electron chi connectivity index (χ3n) is 2.37. The molecule has 0 amide bonds. The molecule has 0 unspecified atom stereocenters. The molecule has 0 aliphatic carbocycles. The minimum Gasteiger partial charge on any atom is -0.376 e. The molecule has 8 heteroatoms. The van der Waals surface area contributed by atoms with E-state index < -0.39 is 15.8 Å². The molecule has 0 aliphatic rings. The van der Waals surface area contributed by atoms with Gasteiger partial charge in [-0.25, -0.2) is 22.9 Å². The van der Waals surface area contributed by atoms with Gasteiger partial charge in [0.25, 0.3) is 0 Å². The van der Waals surface area contributed by atoms with Gasteiger partial charge in [-0.2, -0.15) is 0 Å². The number of aryl methyl sites for hydroxylation is 1. The molecule has 1 aromatic heterocycles. The number of sulfonamides is 1. The minimum atomic E-state index is -3.88. The third kappa shape index (κ3) is 3.49. The average molecular weight is 301 g/mol. The summed E-state index contributed by atoms with van der Waals surface area (Å²) in [5, 5.41) is 8.61. The number of hydrogen-bond donors (Lipinski definition) is 2. The molecule has 0 spiro atoms. The van der Waals surface area contributed by atoms with Crippen LogP contribution in [0.5, 0.6) is 0 Å². The van der Waals surface area contributed by atoms with Crippen molar-refractivity contribution >= 4 is 27.0 Å². The van der Waals surface area contributed by atoms with Crippen molar-refractivity contribution in [2.75, 3.05) is 5.32 Å². The second kappa shape index (κ2) is 5.24. The Hall–Kier alpha value is -1.51. The SMILES string of the molecule is Cc1cnc(CNc2ccc(S(N)(=O)=O)cc2F)s1. The maximum Gasteiger partial charge on any atom is 0.238 e. The van der Waals surface area contributed by atoms with Crippen molar-refractivity contribution in [1.82, 2.24) is 4.98 Å². The van der Waals surface area contributed by atoms with Gasteiger partial charge in [0, 0.05) is 11.1 Å². The summed E-state index contributed by atoms with van der Waals surface area (Å²) in [6.45, 7) is 2.31. The Morgan fingerprint density at radius 3 is 2.74 bits per heavy atom. The van der Waals surface area contributed by atoms with Crippen molar-refractivity contribution < 1.29 is 12.8 Å². The molecule has 0 fully saturated rings. The number of halogens is 1. The van der Waals surface area contributed by atoms with Crippen LogP contribution in [0, 0.1) is 12.7 Å². The van der Waals surface area contributed by atoms with Crippen LogP contribution in [0.3, 0.4) is 0 Å². The fourth-order valence-corrected chi connectivity index (χ4v) is 2.72. The Morgan fingerprint density at radius 1 is 1.47 bits per heavy atom. The molecule has 0 saturated carbocycles. The van der Waals surface area contributed by atoms with Gasteiger partial charge in [0.2, 0.25) is 10.0 Å². The van der Waals surface area contributed by atoms with Gasteiger partial charge in [-0.15, -0.1) is 11.3 Å². The third-order valence-corrected chi connectivity index (χ3v) is 4.19. The van der Waals surface area contributed by atoms with Gasteiger partial charge in [0.1, 0.15) is 10.8 Å². The van der Waals surface area contributed by atoms with Crippen molar-refractivity contribution in [3.63, 3.8) is 0 Å². The number of thiazole rings is 1. The van der Waals surface area contributed by atoms with Crippen molar-refractivity contribution in [1.29, 1.82) is 0 Å². The highest BCUT2D eigenvalue weighted by Gasteiger charge is 2.11. The molecular formula is C11H12FN3O2S2. The first-order valence-corrected chi connectivity index (χ1v) is 7.70. The number of primary sulfonamides is 1. The second-order valence-electron chi connectivity index (χ2n) is 3.90. The predicted molar refractivity (Wildman–Crippen MR) is 72.0 cm³/mol. The lowest BCUT2D eigenvalue weighted by Gasteiger charge is -2.07. The second-order valence-corrected chi connectivity index (χ2v) is 6.79. The van der Waals surface area contributed by atoms with Gasteiger partial charge in [-0.1, -0.05) is 0 Å². The van der Waals surface area contributed by atoms with Crippen molar-refractivity contribution in [3.05, 3.63) is 40.1 Å². The molecule has 0 radical (unpaired) electrons. The molecule has 1 aromatic carbocycles. The lowest BCUT2D eigenvalue weighted by Crippen LogP contribution is -2.12. The molecule has 1 heterocycles. The summed E-state index contributed by atoms with van der Waals surface area (Å²) in [5.74, 6) is -0.667. The zero-order chi connectivity index (χ0) is 14.0. The summed E-state index contributed by atoms with van der Waals surface area (Å²) in [6, 6.07) is 3.49. The fourth-order valence-electron chi connectivity index (χ4n) is 1.47. The number of aromatic nitrogens is 1. The van der Waals surface area contributed by atoms with Crippen LogP contribution < -0.4 is 10.5 Å². The van der Waals surface area contributed by atoms with E-state index >= 15 is 0 Å². The maximum absolute atomic E-state index is 13.7. The Morgan fingerprint density at radius 2 is 2.21 bits per heavy atom. The summed E-state index contributed by atoms with van der Waals surface area (Å²) < 4.78 is 35.8. The fraction of sp³-hybridized carbons (Fsp3) is 0.182. The lowest BCUT2D eigenvalue weighted by molar-refractivity contribution is 0.593.